The molecule has 0 atom stereocenters. The van der Waals surface area contributed by atoms with Crippen molar-refractivity contribution in [3.63, 3.8) is 0 Å². The van der Waals surface area contributed by atoms with Crippen LogP contribution in [0.15, 0.2) is 18.5 Å². The Hall–Kier alpha value is -1.84. The van der Waals surface area contributed by atoms with E-state index >= 15 is 0 Å². The Morgan fingerprint density at radius 3 is 3.13 bits per heavy atom. The molecule has 0 aromatic carbocycles. The van der Waals surface area contributed by atoms with Crippen molar-refractivity contribution in [2.75, 3.05) is 0 Å². The lowest BCUT2D eigenvalue weighted by Gasteiger charge is -1.89. The van der Waals surface area contributed by atoms with Gasteiger partial charge in [-0.05, 0) is 18.9 Å². The summed E-state index contributed by atoms with van der Waals surface area (Å²) in [4.78, 5) is 15.4. The summed E-state index contributed by atoms with van der Waals surface area (Å²) < 4.78 is 0. The quantitative estimate of drug-likeness (QED) is 0.630. The Bertz CT molecular complexity index is 645. The van der Waals surface area contributed by atoms with E-state index in [2.05, 4.69) is 19.9 Å². The van der Waals surface area contributed by atoms with Crippen molar-refractivity contribution >= 4 is 22.1 Å². The third kappa shape index (κ3) is 0.960. The van der Waals surface area contributed by atoms with Crippen LogP contribution >= 0.6 is 0 Å². The first-order valence-electron chi connectivity index (χ1n) is 5.23. The number of fused-ring (bicyclic) bond motifs is 3. The Morgan fingerprint density at radius 2 is 2.27 bits per heavy atom. The summed E-state index contributed by atoms with van der Waals surface area (Å²) in [5.74, 6) is 1.78. The molecule has 4 heteroatoms. The SMILES string of the molecule is c1cc2c(ncc3nc(C4CC4)[nH]c32)[nH]1. The maximum atomic E-state index is 4.57. The lowest BCUT2D eigenvalue weighted by Crippen LogP contribution is -1.79. The van der Waals surface area contributed by atoms with Crippen LogP contribution in [0.5, 0.6) is 0 Å². The van der Waals surface area contributed by atoms with Crippen LogP contribution in [0, 0.1) is 0 Å². The second kappa shape index (κ2) is 2.39. The van der Waals surface area contributed by atoms with Gasteiger partial charge in [-0.1, -0.05) is 0 Å². The zero-order valence-corrected chi connectivity index (χ0v) is 8.12. The van der Waals surface area contributed by atoms with Crippen LogP contribution in [0.3, 0.4) is 0 Å². The molecule has 74 valence electrons. The minimum Gasteiger partial charge on any atom is -0.346 e. The second-order valence-corrected chi connectivity index (χ2v) is 4.15. The summed E-state index contributed by atoms with van der Waals surface area (Å²) in [5, 5.41) is 1.13. The number of hydrogen-bond donors (Lipinski definition) is 2. The molecule has 1 aliphatic carbocycles. The van der Waals surface area contributed by atoms with E-state index in [-0.39, 0.29) is 0 Å². The zero-order chi connectivity index (χ0) is 9.83. The van der Waals surface area contributed by atoms with Gasteiger partial charge in [-0.15, -0.1) is 0 Å². The summed E-state index contributed by atoms with van der Waals surface area (Å²) >= 11 is 0. The molecule has 0 spiro atoms. The molecule has 2 N–H and O–H groups in total. The molecule has 0 bridgehead atoms. The Balaban J connectivity index is 2.12. The molecule has 4 rings (SSSR count). The van der Waals surface area contributed by atoms with Gasteiger partial charge < -0.3 is 9.97 Å². The summed E-state index contributed by atoms with van der Waals surface area (Å²) in [6.07, 6.45) is 6.28. The van der Waals surface area contributed by atoms with E-state index < -0.39 is 0 Å². The van der Waals surface area contributed by atoms with Gasteiger partial charge in [0.05, 0.1) is 11.7 Å². The third-order valence-corrected chi connectivity index (χ3v) is 3.02. The molecule has 1 aliphatic rings. The minimum atomic E-state index is 0.659. The predicted molar refractivity (Wildman–Crippen MR) is 57.7 cm³/mol. The Morgan fingerprint density at radius 1 is 1.33 bits per heavy atom. The van der Waals surface area contributed by atoms with E-state index in [1.807, 2.05) is 18.5 Å². The van der Waals surface area contributed by atoms with Crippen LogP contribution in [-0.2, 0) is 0 Å². The van der Waals surface area contributed by atoms with E-state index in [1.165, 1.54) is 12.8 Å². The van der Waals surface area contributed by atoms with Gasteiger partial charge in [0.1, 0.15) is 17.0 Å². The molecule has 0 unspecified atom stereocenters. The van der Waals surface area contributed by atoms with E-state index in [4.69, 9.17) is 0 Å². The molecule has 0 radical (unpaired) electrons. The first kappa shape index (κ1) is 7.45. The highest BCUT2D eigenvalue weighted by atomic mass is 15.0. The van der Waals surface area contributed by atoms with Crippen molar-refractivity contribution in [2.45, 2.75) is 18.8 Å². The van der Waals surface area contributed by atoms with E-state index in [0.29, 0.717) is 5.92 Å². The van der Waals surface area contributed by atoms with Crippen molar-refractivity contribution in [2.24, 2.45) is 0 Å². The zero-order valence-electron chi connectivity index (χ0n) is 8.12. The molecule has 4 nitrogen and oxygen atoms in total. The van der Waals surface area contributed by atoms with Crippen LogP contribution in [0.2, 0.25) is 0 Å². The van der Waals surface area contributed by atoms with Gasteiger partial charge in [0.2, 0.25) is 0 Å². The van der Waals surface area contributed by atoms with E-state index in [9.17, 15) is 0 Å². The largest absolute Gasteiger partial charge is 0.346 e. The number of H-pyrrole nitrogens is 2. The highest BCUT2D eigenvalue weighted by Gasteiger charge is 2.27. The van der Waals surface area contributed by atoms with Gasteiger partial charge in [0.25, 0.3) is 0 Å². The molecule has 3 aromatic rings. The van der Waals surface area contributed by atoms with Gasteiger partial charge in [0.15, 0.2) is 0 Å². The van der Waals surface area contributed by atoms with Crippen molar-refractivity contribution in [3.05, 3.63) is 24.3 Å². The van der Waals surface area contributed by atoms with Gasteiger partial charge in [-0.25, -0.2) is 9.97 Å². The average molecular weight is 198 g/mol. The summed E-state index contributed by atoms with van der Waals surface area (Å²) in [6.45, 7) is 0. The molecule has 1 fully saturated rings. The fourth-order valence-electron chi connectivity index (χ4n) is 2.05. The number of aromatic amines is 2. The normalized spacial score (nSPS) is 16.5. The number of hydrogen-bond acceptors (Lipinski definition) is 2. The first-order chi connectivity index (χ1) is 7.42. The van der Waals surface area contributed by atoms with Crippen LogP contribution in [-0.4, -0.2) is 19.9 Å². The van der Waals surface area contributed by atoms with Gasteiger partial charge in [-0.3, -0.25) is 0 Å². The highest BCUT2D eigenvalue weighted by Crippen LogP contribution is 2.39. The molecule has 3 heterocycles. The number of nitrogens with zero attached hydrogens (tertiary/aromatic N) is 2. The molecular weight excluding hydrogens is 188 g/mol. The van der Waals surface area contributed by atoms with Gasteiger partial charge >= 0.3 is 0 Å². The Kier molecular flexibility index (Phi) is 1.19. The molecular formula is C11H10N4. The molecule has 0 saturated heterocycles. The smallest absolute Gasteiger partial charge is 0.139 e. The van der Waals surface area contributed by atoms with Crippen LogP contribution in [0.4, 0.5) is 0 Å². The molecule has 15 heavy (non-hydrogen) atoms. The number of imidazole rings is 1. The van der Waals surface area contributed by atoms with E-state index in [0.717, 1.165) is 27.9 Å². The average Bonchev–Trinajstić information content (AvgIpc) is 2.84. The maximum absolute atomic E-state index is 4.57. The number of nitrogens with one attached hydrogen (secondary N) is 2. The van der Waals surface area contributed by atoms with Crippen LogP contribution in [0.1, 0.15) is 24.6 Å². The minimum absolute atomic E-state index is 0.659. The summed E-state index contributed by atoms with van der Waals surface area (Å²) in [6, 6.07) is 2.04. The van der Waals surface area contributed by atoms with Gasteiger partial charge in [-0.2, -0.15) is 0 Å². The summed E-state index contributed by atoms with van der Waals surface area (Å²) in [7, 11) is 0. The van der Waals surface area contributed by atoms with Crippen molar-refractivity contribution < 1.29 is 0 Å². The fourth-order valence-corrected chi connectivity index (χ4v) is 2.05. The lowest BCUT2D eigenvalue weighted by molar-refractivity contribution is 0.987. The second-order valence-electron chi connectivity index (χ2n) is 4.15. The van der Waals surface area contributed by atoms with Crippen LogP contribution in [0.25, 0.3) is 22.1 Å². The molecule has 0 aliphatic heterocycles. The summed E-state index contributed by atoms with van der Waals surface area (Å²) in [5.41, 5.74) is 3.01. The standard InChI is InChI=1S/C11H10N4/c1-2-6(1)10-14-8-5-13-11-7(3-4-12-11)9(8)15-10/h3-6H,1-2H2,(H,12,13)(H,14,15). The van der Waals surface area contributed by atoms with Gasteiger partial charge in [0, 0.05) is 17.5 Å². The lowest BCUT2D eigenvalue weighted by atomic mass is 10.3. The number of aromatic nitrogens is 4. The van der Waals surface area contributed by atoms with Crippen molar-refractivity contribution in [1.82, 2.24) is 19.9 Å². The monoisotopic (exact) mass is 198 g/mol. The predicted octanol–water partition coefficient (Wildman–Crippen LogP) is 2.32. The molecule has 3 aromatic heterocycles. The van der Waals surface area contributed by atoms with Crippen molar-refractivity contribution in [3.8, 4) is 0 Å². The van der Waals surface area contributed by atoms with Crippen LogP contribution < -0.4 is 0 Å². The highest BCUT2D eigenvalue weighted by molar-refractivity contribution is 6.00. The fraction of sp³-hybridized carbons (Fsp3) is 0.273. The third-order valence-electron chi connectivity index (χ3n) is 3.02. The number of pyridine rings is 1. The number of rotatable bonds is 1. The molecule has 0 amide bonds. The Labute approximate surface area is 85.7 Å². The van der Waals surface area contributed by atoms with Crippen molar-refractivity contribution in [1.29, 1.82) is 0 Å². The maximum Gasteiger partial charge on any atom is 0.139 e. The molecule has 1 saturated carbocycles. The topological polar surface area (TPSA) is 57.4 Å². The van der Waals surface area contributed by atoms with E-state index in [1.54, 1.807) is 0 Å². The first-order valence-corrected chi connectivity index (χ1v) is 5.23.